The zero-order valence-electron chi connectivity index (χ0n) is 14.2. The van der Waals surface area contributed by atoms with Crippen LogP contribution in [0.2, 0.25) is 5.02 Å². The van der Waals surface area contributed by atoms with Crippen molar-refractivity contribution in [2.45, 2.75) is 19.4 Å². The van der Waals surface area contributed by atoms with Gasteiger partial charge in [0.1, 0.15) is 0 Å². The second kappa shape index (κ2) is 8.44. The molecule has 26 heavy (non-hydrogen) atoms. The van der Waals surface area contributed by atoms with E-state index in [-0.39, 0.29) is 17.7 Å². The molecule has 0 saturated carbocycles. The highest BCUT2D eigenvalue weighted by molar-refractivity contribution is 6.30. The number of carbonyl (C=O) groups excluding carboxylic acids is 2. The van der Waals surface area contributed by atoms with E-state index in [0.717, 1.165) is 0 Å². The van der Waals surface area contributed by atoms with Crippen molar-refractivity contribution in [3.8, 4) is 0 Å². The molecule has 0 bridgehead atoms. The molecule has 0 spiro atoms. The lowest BCUT2D eigenvalue weighted by atomic mass is 10.0. The number of ether oxygens (including phenoxy) is 1. The molecule has 1 unspecified atom stereocenters. The number of nitro groups is 1. The molecule has 2 aromatic rings. The van der Waals surface area contributed by atoms with E-state index >= 15 is 0 Å². The van der Waals surface area contributed by atoms with E-state index in [1.807, 2.05) is 0 Å². The smallest absolute Gasteiger partial charge is 0.307 e. The Bertz CT molecular complexity index is 836. The summed E-state index contributed by atoms with van der Waals surface area (Å²) in [6.07, 6.45) is -0.0597. The number of nitrogens with zero attached hydrogens (tertiary/aromatic N) is 1. The van der Waals surface area contributed by atoms with Gasteiger partial charge in [-0.1, -0.05) is 23.7 Å². The van der Waals surface area contributed by atoms with Gasteiger partial charge in [0.15, 0.2) is 0 Å². The Morgan fingerprint density at radius 2 is 1.88 bits per heavy atom. The molecule has 0 aliphatic rings. The maximum Gasteiger partial charge on any atom is 0.307 e. The summed E-state index contributed by atoms with van der Waals surface area (Å²) in [7, 11) is 1.27. The largest absolute Gasteiger partial charge is 0.469 e. The van der Waals surface area contributed by atoms with Crippen LogP contribution < -0.4 is 5.32 Å². The van der Waals surface area contributed by atoms with Gasteiger partial charge in [-0.25, -0.2) is 0 Å². The fourth-order valence-electron chi connectivity index (χ4n) is 2.44. The predicted octanol–water partition coefficient (Wildman–Crippen LogP) is 3.59. The van der Waals surface area contributed by atoms with Gasteiger partial charge in [0.25, 0.3) is 11.6 Å². The van der Waals surface area contributed by atoms with Crippen molar-refractivity contribution >= 4 is 29.2 Å². The van der Waals surface area contributed by atoms with E-state index in [4.69, 9.17) is 11.6 Å². The van der Waals surface area contributed by atoms with Crippen LogP contribution in [-0.2, 0) is 9.53 Å². The van der Waals surface area contributed by atoms with Crippen molar-refractivity contribution in [3.05, 3.63) is 74.3 Å². The fraction of sp³-hybridized carbons (Fsp3) is 0.222. The van der Waals surface area contributed by atoms with Crippen molar-refractivity contribution < 1.29 is 19.2 Å². The summed E-state index contributed by atoms with van der Waals surface area (Å²) in [6, 6.07) is 10.2. The number of carbonyl (C=O) groups is 2. The number of amides is 1. The first-order valence-corrected chi connectivity index (χ1v) is 8.07. The zero-order valence-corrected chi connectivity index (χ0v) is 14.9. The van der Waals surface area contributed by atoms with Crippen molar-refractivity contribution in [3.63, 3.8) is 0 Å². The fourth-order valence-corrected chi connectivity index (χ4v) is 2.57. The summed E-state index contributed by atoms with van der Waals surface area (Å²) in [5.41, 5.74) is 1.26. The minimum Gasteiger partial charge on any atom is -0.469 e. The Morgan fingerprint density at radius 3 is 2.42 bits per heavy atom. The third-order valence-corrected chi connectivity index (χ3v) is 4.08. The molecule has 8 heteroatoms. The van der Waals surface area contributed by atoms with E-state index in [2.05, 4.69) is 10.1 Å². The molecule has 0 saturated heterocycles. The van der Waals surface area contributed by atoms with E-state index in [1.54, 1.807) is 31.2 Å². The molecule has 0 heterocycles. The number of benzene rings is 2. The summed E-state index contributed by atoms with van der Waals surface area (Å²) in [5.74, 6) is -0.933. The highest BCUT2D eigenvalue weighted by Crippen LogP contribution is 2.22. The number of nitrogens with one attached hydrogen (secondary N) is 1. The summed E-state index contributed by atoms with van der Waals surface area (Å²) < 4.78 is 4.68. The number of methoxy groups -OCH3 is 1. The third-order valence-electron chi connectivity index (χ3n) is 3.83. The number of nitro benzene ring substituents is 1. The molecule has 0 aromatic heterocycles. The van der Waals surface area contributed by atoms with Crippen molar-refractivity contribution in [2.24, 2.45) is 0 Å². The summed E-state index contributed by atoms with van der Waals surface area (Å²) >= 11 is 5.87. The molecular formula is C18H17ClN2O5. The average molecular weight is 377 g/mol. The van der Waals surface area contributed by atoms with Gasteiger partial charge in [0.05, 0.1) is 24.5 Å². The first kappa shape index (κ1) is 19.4. The Hall–Kier alpha value is -2.93. The van der Waals surface area contributed by atoms with Crippen molar-refractivity contribution in [2.75, 3.05) is 7.11 Å². The van der Waals surface area contributed by atoms with Crippen LogP contribution >= 0.6 is 11.6 Å². The monoisotopic (exact) mass is 376 g/mol. The van der Waals surface area contributed by atoms with E-state index in [1.165, 1.54) is 25.3 Å². The lowest BCUT2D eigenvalue weighted by Crippen LogP contribution is -2.30. The van der Waals surface area contributed by atoms with Crippen LogP contribution in [0.3, 0.4) is 0 Å². The van der Waals surface area contributed by atoms with Crippen LogP contribution in [0.4, 0.5) is 5.69 Å². The molecule has 1 atom stereocenters. The molecule has 0 aliphatic carbocycles. The normalized spacial score (nSPS) is 11.5. The van der Waals surface area contributed by atoms with Crippen LogP contribution in [0.15, 0.2) is 42.5 Å². The first-order chi connectivity index (χ1) is 12.3. The second-order valence-corrected chi connectivity index (χ2v) is 6.05. The SMILES string of the molecule is COC(=O)CC(NC(=O)c1ccc([N+](=O)[O-])c(C)c1)c1ccc(Cl)cc1. The lowest BCUT2D eigenvalue weighted by Gasteiger charge is -2.18. The number of hydrogen-bond acceptors (Lipinski definition) is 5. The van der Waals surface area contributed by atoms with Crippen LogP contribution in [0.25, 0.3) is 0 Å². The predicted molar refractivity (Wildman–Crippen MR) is 96.1 cm³/mol. The summed E-state index contributed by atoms with van der Waals surface area (Å²) in [4.78, 5) is 34.6. The standard InChI is InChI=1S/C18H17ClN2O5/c1-11-9-13(5-8-16(11)21(24)25)18(23)20-15(10-17(22)26-2)12-3-6-14(19)7-4-12/h3-9,15H,10H2,1-2H3,(H,20,23). The molecule has 0 radical (unpaired) electrons. The topological polar surface area (TPSA) is 98.5 Å². The molecule has 0 fully saturated rings. The third kappa shape index (κ3) is 4.80. The van der Waals surface area contributed by atoms with Crippen LogP contribution in [0.5, 0.6) is 0 Å². The maximum absolute atomic E-state index is 12.5. The number of hydrogen-bond donors (Lipinski definition) is 1. The van der Waals surface area contributed by atoms with E-state index in [0.29, 0.717) is 16.1 Å². The van der Waals surface area contributed by atoms with Gasteiger partial charge < -0.3 is 10.1 Å². The molecular weight excluding hydrogens is 360 g/mol. The number of halogens is 1. The Labute approximate surface area is 155 Å². The van der Waals surface area contributed by atoms with Crippen LogP contribution in [0, 0.1) is 17.0 Å². The van der Waals surface area contributed by atoms with Gasteiger partial charge in [-0.05, 0) is 36.8 Å². The quantitative estimate of drug-likeness (QED) is 0.472. The first-order valence-electron chi connectivity index (χ1n) is 7.70. The minimum absolute atomic E-state index is 0.0597. The molecule has 1 N–H and O–H groups in total. The maximum atomic E-state index is 12.5. The molecule has 136 valence electrons. The molecule has 2 aromatic carbocycles. The molecule has 7 nitrogen and oxygen atoms in total. The van der Waals surface area contributed by atoms with Crippen LogP contribution in [0.1, 0.15) is 33.9 Å². The van der Waals surface area contributed by atoms with Gasteiger partial charge in [0.2, 0.25) is 0 Å². The Balaban J connectivity index is 2.25. The highest BCUT2D eigenvalue weighted by Gasteiger charge is 2.21. The van der Waals surface area contributed by atoms with Gasteiger partial charge in [-0.2, -0.15) is 0 Å². The van der Waals surface area contributed by atoms with Gasteiger partial charge >= 0.3 is 5.97 Å². The highest BCUT2D eigenvalue weighted by atomic mass is 35.5. The van der Waals surface area contributed by atoms with Gasteiger partial charge in [0, 0.05) is 22.2 Å². The molecule has 1 amide bonds. The Kier molecular flexibility index (Phi) is 6.30. The summed E-state index contributed by atoms with van der Waals surface area (Å²) in [6.45, 7) is 1.56. The second-order valence-electron chi connectivity index (χ2n) is 5.62. The average Bonchev–Trinajstić information content (AvgIpc) is 2.61. The van der Waals surface area contributed by atoms with Crippen molar-refractivity contribution in [1.29, 1.82) is 0 Å². The number of aryl methyl sites for hydroxylation is 1. The Morgan fingerprint density at radius 1 is 1.23 bits per heavy atom. The number of rotatable bonds is 6. The molecule has 2 rings (SSSR count). The number of esters is 1. The van der Waals surface area contributed by atoms with Crippen LogP contribution in [-0.4, -0.2) is 23.9 Å². The lowest BCUT2D eigenvalue weighted by molar-refractivity contribution is -0.385. The van der Waals surface area contributed by atoms with E-state index in [9.17, 15) is 19.7 Å². The zero-order chi connectivity index (χ0) is 19.3. The van der Waals surface area contributed by atoms with Gasteiger partial charge in [-0.15, -0.1) is 0 Å². The minimum atomic E-state index is -0.622. The van der Waals surface area contributed by atoms with Gasteiger partial charge in [-0.3, -0.25) is 19.7 Å². The molecule has 0 aliphatic heterocycles. The summed E-state index contributed by atoms with van der Waals surface area (Å²) in [5, 5.41) is 14.2. The van der Waals surface area contributed by atoms with E-state index < -0.39 is 22.8 Å². The van der Waals surface area contributed by atoms with Crippen molar-refractivity contribution in [1.82, 2.24) is 5.32 Å².